The average molecular weight is 543 g/mol. The third-order valence-corrected chi connectivity index (χ3v) is 7.35. The SMILES string of the molecule is CCCN1CC(Oc2ccc(N3c4ccc(OCc5ccccc5)cc4OC[C@H]3c3ccc(F)cc3)cc2F)C1. The second kappa shape index (κ2) is 11.6. The van der Waals surface area contributed by atoms with Gasteiger partial charge in [-0.2, -0.15) is 0 Å². The lowest BCUT2D eigenvalue weighted by Crippen LogP contribution is -2.53. The van der Waals surface area contributed by atoms with Crippen LogP contribution in [-0.4, -0.2) is 37.2 Å². The smallest absolute Gasteiger partial charge is 0.167 e. The molecule has 1 atom stereocenters. The van der Waals surface area contributed by atoms with Crippen molar-refractivity contribution in [1.29, 1.82) is 0 Å². The number of likely N-dealkylation sites (tertiary alicyclic amines) is 1. The van der Waals surface area contributed by atoms with Crippen LogP contribution < -0.4 is 19.1 Å². The summed E-state index contributed by atoms with van der Waals surface area (Å²) in [5.74, 6) is 0.834. The topological polar surface area (TPSA) is 34.2 Å². The first-order valence-electron chi connectivity index (χ1n) is 13.7. The van der Waals surface area contributed by atoms with Crippen molar-refractivity contribution in [3.63, 3.8) is 0 Å². The van der Waals surface area contributed by atoms with Crippen molar-refractivity contribution in [3.8, 4) is 17.2 Å². The predicted molar refractivity (Wildman–Crippen MR) is 152 cm³/mol. The maximum Gasteiger partial charge on any atom is 0.167 e. The quantitative estimate of drug-likeness (QED) is 0.222. The maximum atomic E-state index is 15.4. The monoisotopic (exact) mass is 542 g/mol. The Bertz CT molecular complexity index is 1440. The molecule has 0 unspecified atom stereocenters. The summed E-state index contributed by atoms with van der Waals surface area (Å²) < 4.78 is 47.3. The first-order chi connectivity index (χ1) is 19.6. The fourth-order valence-corrected chi connectivity index (χ4v) is 5.31. The number of rotatable bonds is 9. The zero-order chi connectivity index (χ0) is 27.5. The van der Waals surface area contributed by atoms with Crippen LogP contribution in [0.1, 0.15) is 30.5 Å². The molecule has 6 rings (SSSR count). The van der Waals surface area contributed by atoms with Crippen molar-refractivity contribution in [2.75, 3.05) is 31.1 Å². The number of anilines is 2. The highest BCUT2D eigenvalue weighted by Gasteiger charge is 2.32. The van der Waals surface area contributed by atoms with Crippen LogP contribution in [0, 0.1) is 11.6 Å². The molecule has 5 nitrogen and oxygen atoms in total. The Balaban J connectivity index is 1.27. The molecule has 7 heteroatoms. The highest BCUT2D eigenvalue weighted by Crippen LogP contribution is 2.46. The van der Waals surface area contributed by atoms with Crippen molar-refractivity contribution in [1.82, 2.24) is 4.90 Å². The number of halogens is 2. The van der Waals surface area contributed by atoms with Crippen LogP contribution in [0.25, 0.3) is 0 Å². The number of ether oxygens (including phenoxy) is 3. The van der Waals surface area contributed by atoms with E-state index >= 15 is 4.39 Å². The van der Waals surface area contributed by atoms with Crippen LogP contribution in [-0.2, 0) is 6.61 Å². The lowest BCUT2D eigenvalue weighted by molar-refractivity contribution is 0.0179. The molecule has 206 valence electrons. The Morgan fingerprint density at radius 1 is 0.900 bits per heavy atom. The van der Waals surface area contributed by atoms with Crippen LogP contribution in [0.2, 0.25) is 0 Å². The first kappa shape index (κ1) is 26.1. The lowest BCUT2D eigenvalue weighted by Gasteiger charge is -2.40. The van der Waals surface area contributed by atoms with Crippen molar-refractivity contribution >= 4 is 11.4 Å². The molecular weight excluding hydrogens is 510 g/mol. The molecule has 1 saturated heterocycles. The standard InChI is InChI=1S/C33H32F2N2O3/c1-2-16-36-19-28(20-36)40-32-15-12-26(17-29(32)35)37-30-14-13-27(38-21-23-6-4-3-5-7-23)18-33(30)39-22-31(37)24-8-10-25(34)11-9-24/h3-15,17-18,28,31H,2,16,19-22H2,1H3/t31-/m0/s1. The van der Waals surface area contributed by atoms with E-state index in [0.29, 0.717) is 30.4 Å². The largest absolute Gasteiger partial charge is 0.489 e. The van der Waals surface area contributed by atoms with E-state index in [0.717, 1.165) is 42.9 Å². The van der Waals surface area contributed by atoms with E-state index in [1.807, 2.05) is 59.5 Å². The number of nitrogens with zero attached hydrogens (tertiary/aromatic N) is 2. The normalized spacial score (nSPS) is 17.1. The average Bonchev–Trinajstić information content (AvgIpc) is 2.96. The first-order valence-corrected chi connectivity index (χ1v) is 13.7. The molecule has 0 bridgehead atoms. The van der Waals surface area contributed by atoms with E-state index in [4.69, 9.17) is 14.2 Å². The molecule has 0 aliphatic carbocycles. The molecule has 1 fully saturated rings. The zero-order valence-corrected chi connectivity index (χ0v) is 22.4. The van der Waals surface area contributed by atoms with Gasteiger partial charge in [0.1, 0.15) is 36.6 Å². The number of hydrogen-bond donors (Lipinski definition) is 0. The number of fused-ring (bicyclic) bond motifs is 1. The van der Waals surface area contributed by atoms with E-state index in [-0.39, 0.29) is 23.7 Å². The van der Waals surface area contributed by atoms with Crippen molar-refractivity contribution in [2.45, 2.75) is 32.1 Å². The van der Waals surface area contributed by atoms with Crippen molar-refractivity contribution in [2.24, 2.45) is 0 Å². The summed E-state index contributed by atoms with van der Waals surface area (Å²) in [5.41, 5.74) is 3.36. The minimum absolute atomic E-state index is 0.00252. The Morgan fingerprint density at radius 3 is 2.45 bits per heavy atom. The third-order valence-electron chi connectivity index (χ3n) is 7.35. The van der Waals surface area contributed by atoms with Crippen molar-refractivity contribution < 1.29 is 23.0 Å². The molecule has 0 N–H and O–H groups in total. The molecule has 0 amide bonds. The molecule has 40 heavy (non-hydrogen) atoms. The minimum atomic E-state index is -0.417. The fourth-order valence-electron chi connectivity index (χ4n) is 5.31. The van der Waals surface area contributed by atoms with E-state index in [9.17, 15) is 4.39 Å². The Labute approximate surface area is 233 Å². The number of benzene rings is 4. The van der Waals surface area contributed by atoms with Gasteiger partial charge >= 0.3 is 0 Å². The van der Waals surface area contributed by atoms with Crippen LogP contribution in [0.4, 0.5) is 20.2 Å². The minimum Gasteiger partial charge on any atom is -0.489 e. The van der Waals surface area contributed by atoms with Gasteiger partial charge in [-0.15, -0.1) is 0 Å². The molecule has 0 saturated carbocycles. The molecule has 0 spiro atoms. The van der Waals surface area contributed by atoms with E-state index in [2.05, 4.69) is 11.8 Å². The highest BCUT2D eigenvalue weighted by atomic mass is 19.1. The summed E-state index contributed by atoms with van der Waals surface area (Å²) in [6.45, 7) is 5.54. The molecule has 2 heterocycles. The fraction of sp³-hybridized carbons (Fsp3) is 0.273. The van der Waals surface area contributed by atoms with Gasteiger partial charge in [-0.05, 0) is 60.5 Å². The van der Waals surface area contributed by atoms with Gasteiger partial charge in [0.15, 0.2) is 11.6 Å². The van der Waals surface area contributed by atoms with Gasteiger partial charge in [-0.1, -0.05) is 49.4 Å². The molecule has 0 radical (unpaired) electrons. The lowest BCUT2D eigenvalue weighted by atomic mass is 10.0. The van der Waals surface area contributed by atoms with Crippen LogP contribution in [0.15, 0.2) is 91.0 Å². The van der Waals surface area contributed by atoms with Gasteiger partial charge in [-0.3, -0.25) is 4.90 Å². The predicted octanol–water partition coefficient (Wildman–Crippen LogP) is 7.29. The Kier molecular flexibility index (Phi) is 7.55. The van der Waals surface area contributed by atoms with Crippen LogP contribution >= 0.6 is 0 Å². The maximum absolute atomic E-state index is 15.4. The number of hydrogen-bond acceptors (Lipinski definition) is 5. The summed E-state index contributed by atoms with van der Waals surface area (Å²) in [5, 5.41) is 0. The summed E-state index contributed by atoms with van der Waals surface area (Å²) in [7, 11) is 0. The van der Waals surface area contributed by atoms with Gasteiger partial charge in [0.25, 0.3) is 0 Å². The van der Waals surface area contributed by atoms with Crippen LogP contribution in [0.5, 0.6) is 17.2 Å². The van der Waals surface area contributed by atoms with Gasteiger partial charge in [0.2, 0.25) is 0 Å². The molecule has 2 aliphatic heterocycles. The van der Waals surface area contributed by atoms with E-state index in [1.54, 1.807) is 18.2 Å². The summed E-state index contributed by atoms with van der Waals surface area (Å²) in [4.78, 5) is 4.33. The van der Waals surface area contributed by atoms with E-state index in [1.165, 1.54) is 18.2 Å². The third kappa shape index (κ3) is 5.61. The second-order valence-electron chi connectivity index (χ2n) is 10.3. The van der Waals surface area contributed by atoms with E-state index < -0.39 is 5.82 Å². The summed E-state index contributed by atoms with van der Waals surface area (Å²) in [6, 6.07) is 26.7. The van der Waals surface area contributed by atoms with Gasteiger partial charge in [0, 0.05) is 30.9 Å². The van der Waals surface area contributed by atoms with Gasteiger partial charge in [-0.25, -0.2) is 8.78 Å². The van der Waals surface area contributed by atoms with Crippen LogP contribution in [0.3, 0.4) is 0 Å². The molecule has 0 aromatic heterocycles. The summed E-state index contributed by atoms with van der Waals surface area (Å²) >= 11 is 0. The highest BCUT2D eigenvalue weighted by molar-refractivity contribution is 5.73. The summed E-state index contributed by atoms with van der Waals surface area (Å²) in [6.07, 6.45) is 1.09. The molecule has 2 aliphatic rings. The van der Waals surface area contributed by atoms with Crippen molar-refractivity contribution in [3.05, 3.63) is 114 Å². The molecule has 4 aromatic rings. The molecule has 4 aromatic carbocycles. The zero-order valence-electron chi connectivity index (χ0n) is 22.4. The van der Waals surface area contributed by atoms with Gasteiger partial charge in [0.05, 0.1) is 11.7 Å². The Hall–Kier alpha value is -4.10. The molecular formula is C33H32F2N2O3. The Morgan fingerprint density at radius 2 is 1.70 bits per heavy atom. The second-order valence-corrected chi connectivity index (χ2v) is 10.3. The van der Waals surface area contributed by atoms with Gasteiger partial charge < -0.3 is 19.1 Å².